The molecule has 2 aromatic carbocycles. The lowest BCUT2D eigenvalue weighted by molar-refractivity contribution is -0.121. The van der Waals surface area contributed by atoms with Crippen LogP contribution < -0.4 is 0 Å². The first-order chi connectivity index (χ1) is 11.7. The quantitative estimate of drug-likeness (QED) is 0.642. The Kier molecular flexibility index (Phi) is 3.41. The number of hydrogen-bond donors (Lipinski definition) is 0. The molecule has 1 atom stereocenters. The summed E-state index contributed by atoms with van der Waals surface area (Å²) in [6.07, 6.45) is 1.59. The van der Waals surface area contributed by atoms with E-state index in [1.165, 1.54) is 4.90 Å². The van der Waals surface area contributed by atoms with Crippen LogP contribution in [0.1, 0.15) is 37.9 Å². The molecule has 0 aliphatic carbocycles. The first-order valence-corrected chi connectivity index (χ1v) is 7.95. The standard InChI is InChI=1S/C19H16N2O3/c22-12-20-10-9-13-5-1-2-6-14(13)17(20)11-21-18(23)15-7-3-4-8-16(15)19(21)24/h1-8,12,17H,9-11H2/t17-/m0/s1. The van der Waals surface area contributed by atoms with E-state index in [1.54, 1.807) is 29.2 Å². The number of carbonyl (C=O) groups is 3. The van der Waals surface area contributed by atoms with Gasteiger partial charge in [-0.1, -0.05) is 36.4 Å². The van der Waals surface area contributed by atoms with Gasteiger partial charge in [0.1, 0.15) is 0 Å². The minimum Gasteiger partial charge on any atom is -0.336 e. The molecule has 0 N–H and O–H groups in total. The maximum Gasteiger partial charge on any atom is 0.261 e. The van der Waals surface area contributed by atoms with Crippen LogP contribution in [0.4, 0.5) is 0 Å². The van der Waals surface area contributed by atoms with Gasteiger partial charge >= 0.3 is 0 Å². The first kappa shape index (κ1) is 14.6. The molecule has 4 rings (SSSR count). The van der Waals surface area contributed by atoms with Gasteiger partial charge in [-0.25, -0.2) is 0 Å². The fourth-order valence-corrected chi connectivity index (χ4v) is 3.58. The van der Waals surface area contributed by atoms with Crippen LogP contribution in [0.5, 0.6) is 0 Å². The zero-order chi connectivity index (χ0) is 16.7. The van der Waals surface area contributed by atoms with E-state index in [0.29, 0.717) is 17.7 Å². The van der Waals surface area contributed by atoms with Crippen molar-refractivity contribution in [2.45, 2.75) is 12.5 Å². The van der Waals surface area contributed by atoms with Crippen LogP contribution in [0.3, 0.4) is 0 Å². The number of carbonyl (C=O) groups excluding carboxylic acids is 3. The third kappa shape index (κ3) is 2.12. The molecule has 2 aromatic rings. The van der Waals surface area contributed by atoms with Crippen molar-refractivity contribution in [2.24, 2.45) is 0 Å². The third-order valence-electron chi connectivity index (χ3n) is 4.82. The smallest absolute Gasteiger partial charge is 0.261 e. The Morgan fingerprint density at radius 3 is 2.25 bits per heavy atom. The Morgan fingerprint density at radius 1 is 0.958 bits per heavy atom. The summed E-state index contributed by atoms with van der Waals surface area (Å²) in [4.78, 5) is 39.6. The van der Waals surface area contributed by atoms with Gasteiger partial charge in [-0.2, -0.15) is 0 Å². The summed E-state index contributed by atoms with van der Waals surface area (Å²) < 4.78 is 0. The number of amides is 3. The van der Waals surface area contributed by atoms with Crippen LogP contribution in [0.2, 0.25) is 0 Å². The van der Waals surface area contributed by atoms with Crippen molar-refractivity contribution in [3.05, 3.63) is 70.8 Å². The van der Waals surface area contributed by atoms with E-state index >= 15 is 0 Å². The summed E-state index contributed by atoms with van der Waals surface area (Å²) in [5, 5.41) is 0. The van der Waals surface area contributed by atoms with Crippen molar-refractivity contribution < 1.29 is 14.4 Å². The number of nitrogens with zero attached hydrogens (tertiary/aromatic N) is 2. The lowest BCUT2D eigenvalue weighted by atomic mass is 9.92. The molecule has 2 heterocycles. The van der Waals surface area contributed by atoms with Crippen molar-refractivity contribution in [3.8, 4) is 0 Å². The molecule has 5 nitrogen and oxygen atoms in total. The molecule has 5 heteroatoms. The van der Waals surface area contributed by atoms with Crippen molar-refractivity contribution >= 4 is 18.2 Å². The monoisotopic (exact) mass is 320 g/mol. The molecule has 0 saturated carbocycles. The molecule has 0 aromatic heterocycles. The van der Waals surface area contributed by atoms with E-state index in [9.17, 15) is 14.4 Å². The Balaban J connectivity index is 1.69. The molecule has 120 valence electrons. The van der Waals surface area contributed by atoms with Crippen molar-refractivity contribution in [2.75, 3.05) is 13.1 Å². The maximum absolute atomic E-state index is 12.6. The van der Waals surface area contributed by atoms with Crippen LogP contribution in [0.15, 0.2) is 48.5 Å². The van der Waals surface area contributed by atoms with Crippen LogP contribution in [-0.4, -0.2) is 41.1 Å². The van der Waals surface area contributed by atoms with E-state index in [0.717, 1.165) is 24.0 Å². The number of fused-ring (bicyclic) bond motifs is 2. The lowest BCUT2D eigenvalue weighted by Crippen LogP contribution is -2.43. The maximum atomic E-state index is 12.6. The van der Waals surface area contributed by atoms with Gasteiger partial charge in [0.05, 0.1) is 23.7 Å². The minimum absolute atomic E-state index is 0.183. The Morgan fingerprint density at radius 2 is 1.58 bits per heavy atom. The highest BCUT2D eigenvalue weighted by Crippen LogP contribution is 2.32. The zero-order valence-electron chi connectivity index (χ0n) is 13.0. The Bertz CT molecular complexity index is 811. The van der Waals surface area contributed by atoms with Crippen molar-refractivity contribution in [1.29, 1.82) is 0 Å². The fourth-order valence-electron chi connectivity index (χ4n) is 3.58. The van der Waals surface area contributed by atoms with Gasteiger partial charge in [-0.3, -0.25) is 19.3 Å². The number of hydrogen-bond acceptors (Lipinski definition) is 3. The summed E-state index contributed by atoms with van der Waals surface area (Å²) >= 11 is 0. The molecular formula is C19H16N2O3. The highest BCUT2D eigenvalue weighted by atomic mass is 16.2. The number of imide groups is 1. The van der Waals surface area contributed by atoms with Crippen LogP contribution in [0, 0.1) is 0 Å². The molecule has 0 fully saturated rings. The first-order valence-electron chi connectivity index (χ1n) is 7.95. The second kappa shape index (κ2) is 5.60. The summed E-state index contributed by atoms with van der Waals surface area (Å²) in [5.74, 6) is -0.575. The number of rotatable bonds is 3. The van der Waals surface area contributed by atoms with Gasteiger partial charge < -0.3 is 4.90 Å². The molecule has 0 bridgehead atoms. The summed E-state index contributed by atoms with van der Waals surface area (Å²) in [7, 11) is 0. The summed E-state index contributed by atoms with van der Waals surface area (Å²) in [6, 6.07) is 14.4. The average molecular weight is 320 g/mol. The van der Waals surface area contributed by atoms with Crippen molar-refractivity contribution in [3.63, 3.8) is 0 Å². The van der Waals surface area contributed by atoms with Gasteiger partial charge in [-0.15, -0.1) is 0 Å². The molecule has 2 aliphatic rings. The largest absolute Gasteiger partial charge is 0.336 e. The minimum atomic E-state index is -0.297. The van der Waals surface area contributed by atoms with Gasteiger partial charge in [-0.05, 0) is 29.7 Å². The molecule has 0 unspecified atom stereocenters. The summed E-state index contributed by atoms with van der Waals surface area (Å²) in [5.41, 5.74) is 3.04. The topological polar surface area (TPSA) is 57.7 Å². The highest BCUT2D eigenvalue weighted by molar-refractivity contribution is 6.21. The van der Waals surface area contributed by atoms with E-state index < -0.39 is 0 Å². The van der Waals surface area contributed by atoms with E-state index in [1.807, 2.05) is 24.3 Å². The fraction of sp³-hybridized carbons (Fsp3) is 0.211. The van der Waals surface area contributed by atoms with Gasteiger partial charge in [0.25, 0.3) is 11.8 Å². The molecule has 3 amide bonds. The predicted octanol–water partition coefficient (Wildman–Crippen LogP) is 2.04. The predicted molar refractivity (Wildman–Crippen MR) is 87.5 cm³/mol. The Labute approximate surface area is 139 Å². The van der Waals surface area contributed by atoms with Gasteiger partial charge in [0.2, 0.25) is 6.41 Å². The van der Waals surface area contributed by atoms with Crippen LogP contribution in [0.25, 0.3) is 0 Å². The van der Waals surface area contributed by atoms with E-state index in [-0.39, 0.29) is 24.4 Å². The molecule has 24 heavy (non-hydrogen) atoms. The van der Waals surface area contributed by atoms with Gasteiger partial charge in [0, 0.05) is 6.54 Å². The van der Waals surface area contributed by atoms with E-state index in [2.05, 4.69) is 0 Å². The van der Waals surface area contributed by atoms with E-state index in [4.69, 9.17) is 0 Å². The van der Waals surface area contributed by atoms with Crippen LogP contribution in [-0.2, 0) is 11.2 Å². The van der Waals surface area contributed by atoms with Gasteiger partial charge in [0.15, 0.2) is 0 Å². The normalized spacial score (nSPS) is 19.2. The molecule has 2 aliphatic heterocycles. The lowest BCUT2D eigenvalue weighted by Gasteiger charge is -2.36. The molecule has 0 spiro atoms. The molecule has 0 radical (unpaired) electrons. The summed E-state index contributed by atoms with van der Waals surface area (Å²) in [6.45, 7) is 0.774. The second-order valence-corrected chi connectivity index (χ2v) is 6.07. The Hall–Kier alpha value is -2.95. The number of benzene rings is 2. The second-order valence-electron chi connectivity index (χ2n) is 6.07. The SMILES string of the molecule is O=CN1CCc2ccccc2[C@@H]1CN1C(=O)c2ccccc2C1=O. The average Bonchev–Trinajstić information content (AvgIpc) is 2.87. The van der Waals surface area contributed by atoms with Crippen LogP contribution >= 0.6 is 0 Å². The zero-order valence-corrected chi connectivity index (χ0v) is 13.0. The molecule has 0 saturated heterocycles. The third-order valence-corrected chi connectivity index (χ3v) is 4.82. The highest BCUT2D eigenvalue weighted by Gasteiger charge is 2.38. The molecular weight excluding hydrogens is 304 g/mol. The van der Waals surface area contributed by atoms with Crippen molar-refractivity contribution in [1.82, 2.24) is 9.80 Å².